The molecule has 9 rings (SSSR count). The van der Waals surface area contributed by atoms with Gasteiger partial charge in [0, 0.05) is 93.9 Å². The van der Waals surface area contributed by atoms with Gasteiger partial charge in [-0.1, -0.05) is 259 Å². The summed E-state index contributed by atoms with van der Waals surface area (Å²) in [6.45, 7) is 2.84. The molecule has 0 saturated carbocycles. The van der Waals surface area contributed by atoms with Gasteiger partial charge in [0.2, 0.25) is 50.2 Å². The fourth-order valence-electron chi connectivity index (χ4n) is 20.1. The molecule has 0 fully saturated rings. The van der Waals surface area contributed by atoms with Crippen molar-refractivity contribution in [1.29, 1.82) is 0 Å². The second kappa shape index (κ2) is 65.9. The number of methoxy groups -OCH3 is 8. The molecule has 0 spiro atoms. The van der Waals surface area contributed by atoms with Crippen molar-refractivity contribution in [2.24, 2.45) is 0 Å². The molecule has 4 aliphatic heterocycles. The van der Waals surface area contributed by atoms with Gasteiger partial charge in [-0.3, -0.25) is 38.4 Å². The second-order valence-corrected chi connectivity index (χ2v) is 38.7. The van der Waals surface area contributed by atoms with E-state index in [9.17, 15) is 38.4 Å². The normalized spacial score (nSPS) is 15.5. The standard InChI is InChI=1S/C112H164N4O32/c1-13-17-21-25-29-33-37-41-45-49-73-77-61-79-74(50-46-42-38-34-30-26-22-18-14-2)81-63-83-76(52-48-44-40-36-32-28-24-20-16-4)84-64-82-75(51-47-43-39-35-31-27-23-19-15-3)80-62-78(73)98-106(138-66-90(118)114-86(110(126)134-10)54-58-94(122)130-6)100(80)144-71-146-102(82)108(140-68-92(120)116-88(112(128)136-12)56-60-96(124)132-8)104(84)148-72-147-103(83)107(139-67-91(119)115-87(111(127)135-11)55-59-95(123)131-7)101(81)145-70-143-99(79)105(97(77)141-69-142-98)137-65-89(117)113-85(109(125)133-9)53-57-93(121)129-5/h61-64,73-76,85-88H,13-60,65-72H2,1-12H3,(H,113,117)(H,114,118)(H,115,119)(H,116,120). The minimum absolute atomic E-state index is 0.0663. The SMILES string of the molecule is CCCCCCCCCCCC1c2cc3c4c(OCC(=O)NC(CCC(=O)OC)C(=O)OC)c2OCOc2c1cc1c(c2OCC(=O)NC(CCC(=O)OC)C(=O)OC)OCOc2c(cc5c(c2OCC(=O)NC(CCC(=O)OC)C(=O)OC)OCOc2c(cc(c(c2OCC(=O)NC(CCC(=O)OC)C(=O)OC)OCO4)C3CCCCCCCCCCC)C5CCCCCCCCCCC)C1CCCCCCCCCCC. The molecular formula is C112H164N4O32. The Morgan fingerprint density at radius 2 is 0.392 bits per heavy atom. The Morgan fingerprint density at radius 1 is 0.236 bits per heavy atom. The number of hydrogen-bond acceptors (Lipinski definition) is 32. The zero-order chi connectivity index (χ0) is 106. The molecule has 148 heavy (non-hydrogen) atoms. The Balaban J connectivity index is 1.49. The molecule has 36 heteroatoms. The van der Waals surface area contributed by atoms with Crippen LogP contribution in [0.15, 0.2) is 24.3 Å². The topological polar surface area (TPSA) is 438 Å². The van der Waals surface area contributed by atoms with E-state index in [-0.39, 0.29) is 120 Å². The van der Waals surface area contributed by atoms with Crippen LogP contribution in [-0.4, -0.2) is 206 Å². The number of carbonyl (C=O) groups is 12. The number of hydrogen-bond donors (Lipinski definition) is 4. The summed E-state index contributed by atoms with van der Waals surface area (Å²) in [7, 11) is 9.49. The highest BCUT2D eigenvalue weighted by molar-refractivity contribution is 5.89. The lowest BCUT2D eigenvalue weighted by molar-refractivity contribution is -0.147. The predicted molar refractivity (Wildman–Crippen MR) is 548 cm³/mol. The minimum atomic E-state index is -1.36. The van der Waals surface area contributed by atoms with E-state index in [0.29, 0.717) is 95.9 Å². The van der Waals surface area contributed by atoms with Crippen molar-refractivity contribution in [3.05, 3.63) is 68.8 Å². The molecule has 4 amide bonds. The average molecular weight is 2080 g/mol. The Hall–Kier alpha value is -11.9. The van der Waals surface area contributed by atoms with Crippen LogP contribution in [0.25, 0.3) is 0 Å². The number of carbonyl (C=O) groups excluding carboxylic acids is 12. The van der Waals surface area contributed by atoms with Crippen molar-refractivity contribution in [2.45, 2.75) is 384 Å². The number of amides is 4. The quantitative estimate of drug-likeness (QED) is 0.0181. The summed E-state index contributed by atoms with van der Waals surface area (Å²) in [5.41, 5.74) is 3.98. The van der Waals surface area contributed by atoms with E-state index >= 15 is 19.2 Å². The summed E-state index contributed by atoms with van der Waals surface area (Å²) in [6, 6.07) is 2.77. The summed E-state index contributed by atoms with van der Waals surface area (Å²) in [4.78, 5) is 167. The first-order valence-corrected chi connectivity index (χ1v) is 54.1. The Labute approximate surface area is 872 Å². The molecule has 4 aromatic carbocycles. The van der Waals surface area contributed by atoms with Crippen LogP contribution in [-0.2, 0) is 95.4 Å². The Kier molecular flexibility index (Phi) is 53.2. The van der Waals surface area contributed by atoms with Crippen LogP contribution in [0.3, 0.4) is 0 Å². The monoisotopic (exact) mass is 2080 g/mol. The third-order valence-electron chi connectivity index (χ3n) is 28.1. The van der Waals surface area contributed by atoms with E-state index in [1.807, 2.05) is 0 Å². The maximum Gasteiger partial charge on any atom is 0.328 e. The molecule has 36 nitrogen and oxygen atoms in total. The van der Waals surface area contributed by atoms with Crippen LogP contribution in [0, 0.1) is 0 Å². The summed E-state index contributed by atoms with van der Waals surface area (Å²) < 4.78 is 127. The van der Waals surface area contributed by atoms with Crippen LogP contribution < -0.4 is 78.1 Å². The fraction of sp³-hybridized carbons (Fsp3) is 0.679. The van der Waals surface area contributed by atoms with Gasteiger partial charge in [-0.25, -0.2) is 19.2 Å². The molecule has 0 aromatic heterocycles. The van der Waals surface area contributed by atoms with Crippen molar-refractivity contribution in [3.8, 4) is 69.0 Å². The van der Waals surface area contributed by atoms with Crippen LogP contribution in [0.4, 0.5) is 0 Å². The third kappa shape index (κ3) is 36.2. The molecule has 4 heterocycles. The lowest BCUT2D eigenvalue weighted by atomic mass is 9.75. The molecule has 4 N–H and O–H groups in total. The van der Waals surface area contributed by atoms with Crippen LogP contribution in [0.2, 0.25) is 0 Å². The third-order valence-corrected chi connectivity index (χ3v) is 28.1. The summed E-state index contributed by atoms with van der Waals surface area (Å²) in [5, 5.41) is 11.0. The smallest absolute Gasteiger partial charge is 0.328 e. The van der Waals surface area contributed by atoms with E-state index in [1.165, 1.54) is 28.4 Å². The lowest BCUT2D eigenvalue weighted by Gasteiger charge is -2.37. The maximum atomic E-state index is 15.1. The zero-order valence-electron chi connectivity index (χ0n) is 89.6. The molecule has 824 valence electrons. The van der Waals surface area contributed by atoms with Gasteiger partial charge < -0.3 is 116 Å². The molecule has 0 saturated heterocycles. The van der Waals surface area contributed by atoms with E-state index in [4.69, 9.17) is 94.7 Å². The maximum absolute atomic E-state index is 15.1. The number of nitrogens with one attached hydrogen (secondary N) is 4. The molecule has 8 bridgehead atoms. The van der Waals surface area contributed by atoms with Crippen LogP contribution in [0.5, 0.6) is 69.0 Å². The predicted octanol–water partition coefficient (Wildman–Crippen LogP) is 19.1. The molecule has 4 atom stereocenters. The van der Waals surface area contributed by atoms with E-state index in [0.717, 1.165) is 234 Å². The molecule has 0 radical (unpaired) electrons. The number of rotatable bonds is 72. The number of esters is 8. The largest absolute Gasteiger partial charge is 0.476 e. The minimum Gasteiger partial charge on any atom is -0.476 e. The van der Waals surface area contributed by atoms with Gasteiger partial charge in [-0.05, 0) is 75.6 Å². The first kappa shape index (κ1) is 120. The Morgan fingerprint density at radius 3 is 0.541 bits per heavy atom. The summed E-state index contributed by atoms with van der Waals surface area (Å²) in [5.74, 6) is -12.6. The van der Waals surface area contributed by atoms with Gasteiger partial charge in [0.05, 0.1) is 56.9 Å². The number of ether oxygens (including phenoxy) is 20. The first-order valence-electron chi connectivity index (χ1n) is 54.1. The highest BCUT2D eigenvalue weighted by Gasteiger charge is 2.45. The van der Waals surface area contributed by atoms with Crippen molar-refractivity contribution < 1.29 is 152 Å². The summed E-state index contributed by atoms with van der Waals surface area (Å²) >= 11 is 0. The molecular weight excluding hydrogens is 1910 g/mol. The van der Waals surface area contributed by atoms with Crippen molar-refractivity contribution in [3.63, 3.8) is 0 Å². The van der Waals surface area contributed by atoms with Crippen molar-refractivity contribution in [1.82, 2.24) is 21.3 Å². The average Bonchev–Trinajstić information content (AvgIpc) is 0.716. The van der Waals surface area contributed by atoms with E-state index < -0.39 is 173 Å². The van der Waals surface area contributed by atoms with Crippen LogP contribution >= 0.6 is 0 Å². The van der Waals surface area contributed by atoms with Gasteiger partial charge >= 0.3 is 47.8 Å². The summed E-state index contributed by atoms with van der Waals surface area (Å²) in [6.07, 6.45) is 33.2. The second-order valence-electron chi connectivity index (χ2n) is 38.7. The van der Waals surface area contributed by atoms with E-state index in [1.54, 1.807) is 0 Å². The molecule has 4 aromatic rings. The van der Waals surface area contributed by atoms with Gasteiger partial charge in [0.15, 0.2) is 72.4 Å². The Bertz CT molecular complexity index is 4200. The first-order chi connectivity index (χ1) is 72.0. The molecule has 1 aliphatic carbocycles. The lowest BCUT2D eigenvalue weighted by Crippen LogP contribution is -2.44. The zero-order valence-corrected chi connectivity index (χ0v) is 89.6. The van der Waals surface area contributed by atoms with Crippen LogP contribution in [0.1, 0.15) is 404 Å². The number of unbranched alkanes of at least 4 members (excludes halogenated alkanes) is 32. The van der Waals surface area contributed by atoms with Gasteiger partial charge in [-0.15, -0.1) is 0 Å². The number of benzene rings is 4. The highest BCUT2D eigenvalue weighted by Crippen LogP contribution is 2.63. The molecule has 4 unspecified atom stereocenters. The highest BCUT2D eigenvalue weighted by atomic mass is 16.7. The van der Waals surface area contributed by atoms with Crippen molar-refractivity contribution >= 4 is 71.4 Å². The van der Waals surface area contributed by atoms with Gasteiger partial charge in [0.1, 0.15) is 24.2 Å². The van der Waals surface area contributed by atoms with Crippen molar-refractivity contribution in [2.75, 3.05) is 110 Å². The fourth-order valence-corrected chi connectivity index (χ4v) is 20.1. The van der Waals surface area contributed by atoms with Gasteiger partial charge in [0.25, 0.3) is 23.6 Å². The molecule has 5 aliphatic rings. The van der Waals surface area contributed by atoms with E-state index in [2.05, 4.69) is 73.2 Å². The van der Waals surface area contributed by atoms with Gasteiger partial charge in [-0.2, -0.15) is 0 Å².